The van der Waals surface area contributed by atoms with Gasteiger partial charge in [-0.1, -0.05) is 29.8 Å². The van der Waals surface area contributed by atoms with E-state index in [1.165, 1.54) is 0 Å². The van der Waals surface area contributed by atoms with Crippen LogP contribution in [0.3, 0.4) is 0 Å². The number of morpholine rings is 1. The van der Waals surface area contributed by atoms with Crippen molar-refractivity contribution >= 4 is 29.1 Å². The molecule has 0 unspecified atom stereocenters. The number of aromatic nitrogens is 4. The maximum absolute atomic E-state index is 6.18. The van der Waals surface area contributed by atoms with E-state index in [1.54, 1.807) is 17.1 Å². The number of ether oxygens (including phenoxy) is 1. The number of rotatable bonds is 4. The molecule has 3 aromatic rings. The molecule has 1 saturated heterocycles. The lowest BCUT2D eigenvalue weighted by Gasteiger charge is -2.28. The minimum absolute atomic E-state index is 0. The zero-order valence-electron chi connectivity index (χ0n) is 13.5. The number of anilines is 3. The summed E-state index contributed by atoms with van der Waals surface area (Å²) < 4.78 is 7.10. The van der Waals surface area contributed by atoms with Crippen LogP contribution in [-0.4, -0.2) is 46.1 Å². The average molecular weight is 359 g/mol. The standard InChI is InChI=1S/C17H17ClN6O.H2/c18-15-10-13(11-16(21-15)23-6-8-25-9-7-23)20-17-19-12-24(22-17)14-4-2-1-3-5-14;/h1-5,10-12H,6-9H2,(H,20,21,22);1H. The van der Waals surface area contributed by atoms with Crippen LogP contribution in [0.4, 0.5) is 17.5 Å². The van der Waals surface area contributed by atoms with Gasteiger partial charge in [0.25, 0.3) is 0 Å². The number of hydrogen-bond donors (Lipinski definition) is 1. The fourth-order valence-electron chi connectivity index (χ4n) is 2.66. The van der Waals surface area contributed by atoms with Gasteiger partial charge in [-0.15, -0.1) is 5.10 Å². The molecule has 130 valence electrons. The van der Waals surface area contributed by atoms with Gasteiger partial charge < -0.3 is 15.0 Å². The van der Waals surface area contributed by atoms with Crippen molar-refractivity contribution in [3.8, 4) is 5.69 Å². The first-order valence-electron chi connectivity index (χ1n) is 8.02. The van der Waals surface area contributed by atoms with Crippen LogP contribution in [0.1, 0.15) is 1.43 Å². The number of benzene rings is 1. The molecule has 0 bridgehead atoms. The van der Waals surface area contributed by atoms with Gasteiger partial charge in [0.05, 0.1) is 18.9 Å². The average Bonchev–Trinajstić information content (AvgIpc) is 3.11. The summed E-state index contributed by atoms with van der Waals surface area (Å²) in [6.07, 6.45) is 1.67. The van der Waals surface area contributed by atoms with Crippen molar-refractivity contribution in [2.75, 3.05) is 36.5 Å². The summed E-state index contributed by atoms with van der Waals surface area (Å²) in [5, 5.41) is 8.06. The predicted molar refractivity (Wildman–Crippen MR) is 99.0 cm³/mol. The van der Waals surface area contributed by atoms with Crippen molar-refractivity contribution < 1.29 is 6.16 Å². The van der Waals surface area contributed by atoms with Crippen molar-refractivity contribution in [1.29, 1.82) is 0 Å². The van der Waals surface area contributed by atoms with Crippen LogP contribution in [-0.2, 0) is 4.74 Å². The van der Waals surface area contributed by atoms with Crippen LogP contribution in [0.2, 0.25) is 5.15 Å². The predicted octanol–water partition coefficient (Wildman–Crippen LogP) is 3.14. The molecular formula is C17H19ClN6O. The van der Waals surface area contributed by atoms with E-state index in [0.717, 1.165) is 30.3 Å². The fourth-order valence-corrected chi connectivity index (χ4v) is 2.87. The van der Waals surface area contributed by atoms with E-state index >= 15 is 0 Å². The van der Waals surface area contributed by atoms with E-state index in [4.69, 9.17) is 16.3 Å². The van der Waals surface area contributed by atoms with Crippen LogP contribution in [0.5, 0.6) is 0 Å². The summed E-state index contributed by atoms with van der Waals surface area (Å²) >= 11 is 6.18. The lowest BCUT2D eigenvalue weighted by atomic mass is 10.3. The van der Waals surface area contributed by atoms with Crippen molar-refractivity contribution in [2.24, 2.45) is 0 Å². The second-order valence-electron chi connectivity index (χ2n) is 5.61. The first kappa shape index (κ1) is 15.9. The Balaban J connectivity index is 0.00000196. The summed E-state index contributed by atoms with van der Waals surface area (Å²) in [5.41, 5.74) is 1.75. The molecular weight excluding hydrogens is 340 g/mol. The zero-order valence-corrected chi connectivity index (χ0v) is 14.2. The van der Waals surface area contributed by atoms with E-state index in [2.05, 4.69) is 25.3 Å². The molecule has 1 aromatic carbocycles. The second kappa shape index (κ2) is 7.08. The number of para-hydroxylation sites is 1. The Hall–Kier alpha value is -2.64. The molecule has 0 atom stereocenters. The van der Waals surface area contributed by atoms with Gasteiger partial charge in [0, 0.05) is 26.3 Å². The molecule has 4 rings (SSSR count). The Morgan fingerprint density at radius 3 is 2.72 bits per heavy atom. The minimum atomic E-state index is 0. The van der Waals surface area contributed by atoms with Crippen LogP contribution >= 0.6 is 11.6 Å². The van der Waals surface area contributed by atoms with Crippen molar-refractivity contribution in [3.63, 3.8) is 0 Å². The molecule has 1 N–H and O–H groups in total. The minimum Gasteiger partial charge on any atom is -0.378 e. The summed E-state index contributed by atoms with van der Waals surface area (Å²) in [7, 11) is 0. The maximum Gasteiger partial charge on any atom is 0.246 e. The molecule has 25 heavy (non-hydrogen) atoms. The Labute approximate surface area is 151 Å². The molecule has 0 spiro atoms. The molecule has 2 aromatic heterocycles. The van der Waals surface area contributed by atoms with E-state index in [0.29, 0.717) is 24.3 Å². The van der Waals surface area contributed by atoms with Crippen LogP contribution < -0.4 is 10.2 Å². The Morgan fingerprint density at radius 1 is 1.12 bits per heavy atom. The summed E-state index contributed by atoms with van der Waals surface area (Å²) in [6, 6.07) is 13.5. The highest BCUT2D eigenvalue weighted by Gasteiger charge is 2.14. The lowest BCUT2D eigenvalue weighted by Crippen LogP contribution is -2.36. The van der Waals surface area contributed by atoms with Gasteiger partial charge >= 0.3 is 0 Å². The molecule has 1 aliphatic rings. The third-order valence-electron chi connectivity index (χ3n) is 3.88. The SMILES string of the molecule is Clc1cc(Nc2ncn(-c3ccccc3)n2)cc(N2CCOCC2)n1.[HH]. The second-order valence-corrected chi connectivity index (χ2v) is 6.00. The molecule has 7 nitrogen and oxygen atoms in total. The summed E-state index contributed by atoms with van der Waals surface area (Å²) in [5.74, 6) is 1.32. The smallest absolute Gasteiger partial charge is 0.246 e. The monoisotopic (exact) mass is 358 g/mol. The zero-order chi connectivity index (χ0) is 17.1. The molecule has 8 heteroatoms. The highest BCUT2D eigenvalue weighted by molar-refractivity contribution is 6.29. The number of pyridine rings is 1. The van der Waals surface area contributed by atoms with Crippen molar-refractivity contribution in [1.82, 2.24) is 19.7 Å². The van der Waals surface area contributed by atoms with Crippen molar-refractivity contribution in [3.05, 3.63) is 53.9 Å². The molecule has 3 heterocycles. The largest absolute Gasteiger partial charge is 0.378 e. The number of nitrogens with one attached hydrogen (secondary N) is 1. The molecule has 0 saturated carbocycles. The van der Waals surface area contributed by atoms with E-state index < -0.39 is 0 Å². The number of hydrogen-bond acceptors (Lipinski definition) is 6. The quantitative estimate of drug-likeness (QED) is 0.723. The first-order chi connectivity index (χ1) is 12.3. The Morgan fingerprint density at radius 2 is 1.92 bits per heavy atom. The molecule has 0 amide bonds. The van der Waals surface area contributed by atoms with E-state index in [-0.39, 0.29) is 1.43 Å². The van der Waals surface area contributed by atoms with Crippen LogP contribution in [0, 0.1) is 0 Å². The van der Waals surface area contributed by atoms with Crippen LogP contribution in [0.25, 0.3) is 5.69 Å². The third-order valence-corrected chi connectivity index (χ3v) is 4.08. The maximum atomic E-state index is 6.18. The number of nitrogens with zero attached hydrogens (tertiary/aromatic N) is 5. The van der Waals surface area contributed by atoms with Gasteiger partial charge in [0.2, 0.25) is 5.95 Å². The van der Waals surface area contributed by atoms with Crippen molar-refractivity contribution in [2.45, 2.75) is 0 Å². The van der Waals surface area contributed by atoms with Gasteiger partial charge in [-0.05, 0) is 18.2 Å². The molecule has 0 aliphatic carbocycles. The fraction of sp³-hybridized carbons (Fsp3) is 0.235. The lowest BCUT2D eigenvalue weighted by molar-refractivity contribution is 0.122. The van der Waals surface area contributed by atoms with E-state index in [9.17, 15) is 0 Å². The molecule has 1 fully saturated rings. The summed E-state index contributed by atoms with van der Waals surface area (Å²) in [6.45, 7) is 2.99. The topological polar surface area (TPSA) is 68.1 Å². The Kier molecular flexibility index (Phi) is 4.49. The summed E-state index contributed by atoms with van der Waals surface area (Å²) in [4.78, 5) is 10.9. The normalized spacial score (nSPS) is 14.5. The Bertz CT molecular complexity index is 853. The molecule has 1 aliphatic heterocycles. The third kappa shape index (κ3) is 3.72. The van der Waals surface area contributed by atoms with Gasteiger partial charge in [0.15, 0.2) is 0 Å². The highest BCUT2D eigenvalue weighted by Crippen LogP contribution is 2.24. The first-order valence-corrected chi connectivity index (χ1v) is 8.40. The van der Waals surface area contributed by atoms with Gasteiger partial charge in [-0.25, -0.2) is 9.67 Å². The van der Waals surface area contributed by atoms with E-state index in [1.807, 2.05) is 36.4 Å². The van der Waals surface area contributed by atoms with Gasteiger partial charge in [0.1, 0.15) is 17.3 Å². The highest BCUT2D eigenvalue weighted by atomic mass is 35.5. The van der Waals surface area contributed by atoms with Gasteiger partial charge in [-0.2, -0.15) is 4.98 Å². The van der Waals surface area contributed by atoms with Gasteiger partial charge in [-0.3, -0.25) is 0 Å². The molecule has 0 radical (unpaired) electrons. The number of halogens is 1. The van der Waals surface area contributed by atoms with Crippen LogP contribution in [0.15, 0.2) is 48.8 Å².